The summed E-state index contributed by atoms with van der Waals surface area (Å²) in [6.07, 6.45) is -1.15. The number of carbonyl (C=O) groups excluding carboxylic acids is 2. The maximum atomic E-state index is 12.5. The van der Waals surface area contributed by atoms with E-state index in [1.54, 1.807) is 6.92 Å². The third-order valence-electron chi connectivity index (χ3n) is 1.85. The zero-order chi connectivity index (χ0) is 10.7. The van der Waals surface area contributed by atoms with Crippen LogP contribution in [-0.4, -0.2) is 35.0 Å². The Hall–Kier alpha value is -1.55. The average molecular weight is 200 g/mol. The lowest BCUT2D eigenvalue weighted by atomic mass is 10.1. The smallest absolute Gasteiger partial charge is 0.441 e. The first kappa shape index (κ1) is 10.5. The van der Waals surface area contributed by atoms with E-state index >= 15 is 0 Å². The fourth-order valence-electron chi connectivity index (χ4n) is 1.00. The van der Waals surface area contributed by atoms with Crippen molar-refractivity contribution in [2.24, 2.45) is 5.92 Å². The largest absolute Gasteiger partial charge is 0.457 e. The van der Waals surface area contributed by atoms with Gasteiger partial charge in [0.2, 0.25) is 0 Å². The summed E-state index contributed by atoms with van der Waals surface area (Å²) >= 11 is 0. The highest BCUT2D eigenvalue weighted by Gasteiger charge is 2.50. The van der Waals surface area contributed by atoms with E-state index in [2.05, 4.69) is 9.53 Å². The average Bonchev–Trinajstić information content (AvgIpc) is 2.84. The molecule has 1 rings (SSSR count). The Morgan fingerprint density at radius 1 is 1.64 bits per heavy atom. The van der Waals surface area contributed by atoms with Crippen LogP contribution in [0.25, 0.3) is 5.53 Å². The highest BCUT2D eigenvalue weighted by molar-refractivity contribution is 6.63. The molecular formula is C8H9FN2O3. The minimum absolute atomic E-state index is 0.0643. The number of hydrogen-bond donors (Lipinski definition) is 0. The number of ketones is 1. The summed E-state index contributed by atoms with van der Waals surface area (Å²) in [5, 5.41) is 0. The van der Waals surface area contributed by atoms with Gasteiger partial charge in [0.05, 0.1) is 12.5 Å². The van der Waals surface area contributed by atoms with Crippen LogP contribution >= 0.6 is 0 Å². The molecular weight excluding hydrogens is 191 g/mol. The quantitative estimate of drug-likeness (QED) is 0.213. The number of esters is 1. The molecule has 1 aliphatic carbocycles. The fraction of sp³-hybridized carbons (Fsp3) is 0.625. The maximum absolute atomic E-state index is 12.5. The van der Waals surface area contributed by atoms with Crippen LogP contribution < -0.4 is 0 Å². The SMILES string of the molecule is CCOC(=O)C(=[N+]=[N-])C(=O)[C@@H]1C[C@H]1F. The van der Waals surface area contributed by atoms with E-state index in [0.717, 1.165) is 0 Å². The van der Waals surface area contributed by atoms with E-state index in [0.29, 0.717) is 0 Å². The van der Waals surface area contributed by atoms with E-state index < -0.39 is 29.6 Å². The van der Waals surface area contributed by atoms with Crippen LogP contribution in [0.5, 0.6) is 0 Å². The molecule has 5 nitrogen and oxygen atoms in total. The van der Waals surface area contributed by atoms with Crippen LogP contribution in [0.15, 0.2) is 0 Å². The van der Waals surface area contributed by atoms with Crippen molar-refractivity contribution in [2.75, 3.05) is 6.61 Å². The van der Waals surface area contributed by atoms with Gasteiger partial charge in [-0.25, -0.2) is 9.18 Å². The normalized spacial score (nSPS) is 23.6. The Labute approximate surface area is 79.5 Å². The molecule has 0 saturated heterocycles. The van der Waals surface area contributed by atoms with Crippen molar-refractivity contribution in [2.45, 2.75) is 19.5 Å². The van der Waals surface area contributed by atoms with Gasteiger partial charge in [0.25, 0.3) is 5.78 Å². The summed E-state index contributed by atoms with van der Waals surface area (Å²) in [7, 11) is 0. The lowest BCUT2D eigenvalue weighted by Gasteiger charge is -1.95. The highest BCUT2D eigenvalue weighted by Crippen LogP contribution is 2.34. The first-order valence-electron chi connectivity index (χ1n) is 4.19. The van der Waals surface area contributed by atoms with Gasteiger partial charge in [-0.2, -0.15) is 4.79 Å². The molecule has 0 aromatic rings. The van der Waals surface area contributed by atoms with Crippen molar-refractivity contribution in [3.05, 3.63) is 5.53 Å². The first-order valence-corrected chi connectivity index (χ1v) is 4.19. The summed E-state index contributed by atoms with van der Waals surface area (Å²) in [5.41, 5.74) is 7.68. The predicted octanol–water partition coefficient (Wildman–Crippen LogP) is 0.147. The summed E-state index contributed by atoms with van der Waals surface area (Å²) < 4.78 is 16.9. The number of nitrogens with zero attached hydrogens (tertiary/aromatic N) is 2. The zero-order valence-electron chi connectivity index (χ0n) is 7.57. The van der Waals surface area contributed by atoms with Gasteiger partial charge in [-0.3, -0.25) is 4.79 Å². The van der Waals surface area contributed by atoms with Gasteiger partial charge < -0.3 is 10.3 Å². The van der Waals surface area contributed by atoms with E-state index in [9.17, 15) is 14.0 Å². The molecule has 76 valence electrons. The molecule has 0 bridgehead atoms. The third-order valence-corrected chi connectivity index (χ3v) is 1.85. The van der Waals surface area contributed by atoms with E-state index in [4.69, 9.17) is 5.53 Å². The van der Waals surface area contributed by atoms with Gasteiger partial charge in [0.1, 0.15) is 6.17 Å². The van der Waals surface area contributed by atoms with Crippen LogP contribution in [-0.2, 0) is 14.3 Å². The summed E-state index contributed by atoms with van der Waals surface area (Å²) in [4.78, 5) is 24.8. The third kappa shape index (κ3) is 2.03. The summed E-state index contributed by atoms with van der Waals surface area (Å²) in [6.45, 7) is 1.61. The van der Waals surface area contributed by atoms with Gasteiger partial charge in [-0.1, -0.05) is 0 Å². The number of alkyl halides is 1. The zero-order valence-corrected chi connectivity index (χ0v) is 7.57. The molecule has 0 aromatic heterocycles. The molecule has 14 heavy (non-hydrogen) atoms. The van der Waals surface area contributed by atoms with Crippen LogP contribution in [0, 0.1) is 5.92 Å². The molecule has 0 aromatic carbocycles. The van der Waals surface area contributed by atoms with Crippen LogP contribution in [0.4, 0.5) is 4.39 Å². The number of halogens is 1. The minimum Gasteiger partial charge on any atom is -0.457 e. The minimum atomic E-state index is -1.23. The van der Waals surface area contributed by atoms with E-state index in [1.165, 1.54) is 0 Å². The molecule has 1 saturated carbocycles. The standard InChI is InChI=1S/C8H9FN2O3/c1-2-14-8(13)6(11-10)7(12)4-3-5(4)9/h4-5H,2-3H2,1H3/t4-,5-/m1/s1. The van der Waals surface area contributed by atoms with Crippen molar-refractivity contribution < 1.29 is 23.5 Å². The number of hydrogen-bond acceptors (Lipinski definition) is 3. The molecule has 0 N–H and O–H groups in total. The lowest BCUT2D eigenvalue weighted by molar-refractivity contribution is -0.142. The molecule has 0 unspecified atom stereocenters. The van der Waals surface area contributed by atoms with E-state index in [-0.39, 0.29) is 13.0 Å². The summed E-state index contributed by atoms with van der Waals surface area (Å²) in [6, 6.07) is 0. The lowest BCUT2D eigenvalue weighted by Crippen LogP contribution is -2.29. The predicted molar refractivity (Wildman–Crippen MR) is 43.3 cm³/mol. The molecule has 1 fully saturated rings. The Bertz CT molecular complexity index is 323. The van der Waals surface area contributed by atoms with Crippen molar-refractivity contribution in [1.82, 2.24) is 0 Å². The second-order valence-corrected chi connectivity index (χ2v) is 2.89. The molecule has 0 spiro atoms. The maximum Gasteiger partial charge on any atom is 0.441 e. The van der Waals surface area contributed by atoms with E-state index in [1.807, 2.05) is 0 Å². The molecule has 2 atom stereocenters. The molecule has 1 aliphatic rings. The Morgan fingerprint density at radius 2 is 2.21 bits per heavy atom. The Kier molecular flexibility index (Phi) is 3.09. The summed E-state index contributed by atoms with van der Waals surface area (Å²) in [5.74, 6) is -2.65. The monoisotopic (exact) mass is 200 g/mol. The van der Waals surface area contributed by atoms with Gasteiger partial charge in [-0.05, 0) is 13.3 Å². The molecule has 0 heterocycles. The molecule has 0 aliphatic heterocycles. The number of rotatable bonds is 4. The first-order chi connectivity index (χ1) is 6.61. The van der Waals surface area contributed by atoms with Gasteiger partial charge in [0.15, 0.2) is 0 Å². The van der Waals surface area contributed by atoms with Crippen molar-refractivity contribution >= 4 is 17.5 Å². The highest BCUT2D eigenvalue weighted by atomic mass is 19.1. The van der Waals surface area contributed by atoms with Crippen molar-refractivity contribution in [3.8, 4) is 0 Å². The molecule has 0 amide bonds. The number of ether oxygens (including phenoxy) is 1. The van der Waals surface area contributed by atoms with Gasteiger partial charge in [-0.15, -0.1) is 0 Å². The van der Waals surface area contributed by atoms with Crippen molar-refractivity contribution in [1.29, 1.82) is 0 Å². The van der Waals surface area contributed by atoms with Crippen molar-refractivity contribution in [3.63, 3.8) is 0 Å². The number of Topliss-reactive ketones (excluding diaryl/α,β-unsaturated/α-hetero) is 1. The number of carbonyl (C=O) groups is 2. The Balaban J connectivity index is 2.68. The Morgan fingerprint density at radius 3 is 2.57 bits per heavy atom. The van der Waals surface area contributed by atoms with Gasteiger partial charge in [0, 0.05) is 0 Å². The molecule has 6 heteroatoms. The van der Waals surface area contributed by atoms with Crippen LogP contribution in [0.3, 0.4) is 0 Å². The topological polar surface area (TPSA) is 79.8 Å². The second kappa shape index (κ2) is 4.11. The van der Waals surface area contributed by atoms with Gasteiger partial charge >= 0.3 is 11.7 Å². The molecule has 0 radical (unpaired) electrons. The van der Waals surface area contributed by atoms with Crippen LogP contribution in [0.1, 0.15) is 13.3 Å². The fourth-order valence-corrected chi connectivity index (χ4v) is 1.00. The van der Waals surface area contributed by atoms with Crippen LogP contribution in [0.2, 0.25) is 0 Å². The second-order valence-electron chi connectivity index (χ2n) is 2.89.